The molecule has 0 aromatic heterocycles. The molecule has 1 N–H and O–H groups in total. The van der Waals surface area contributed by atoms with Crippen LogP contribution >= 0.6 is 30.9 Å². The van der Waals surface area contributed by atoms with Crippen LogP contribution in [0.4, 0.5) is 0 Å². The minimum absolute atomic E-state index is 0.111. The molecule has 1 rings (SSSR count). The molecule has 0 bridgehead atoms. The highest BCUT2D eigenvalue weighted by atomic mass is 35.5. The van der Waals surface area contributed by atoms with Gasteiger partial charge in [0, 0.05) is 44.9 Å². The van der Waals surface area contributed by atoms with Gasteiger partial charge in [-0.3, -0.25) is 4.57 Å². The molecule has 84 valence electrons. The first-order valence-electron chi connectivity index (χ1n) is 8.85. The summed E-state index contributed by atoms with van der Waals surface area (Å²) in [6.45, 7) is -9.10. The van der Waals surface area contributed by atoms with E-state index in [1.54, 1.807) is 0 Å². The van der Waals surface area contributed by atoms with E-state index in [2.05, 4.69) is 0 Å². The monoisotopic (exact) mass is 271 g/mol. The fourth-order valence-corrected chi connectivity index (χ4v) is 2.22. The number of nitrogens with one attached hydrogen (secondary N) is 1. The van der Waals surface area contributed by atoms with Crippen LogP contribution in [0.5, 0.6) is 0 Å². The summed E-state index contributed by atoms with van der Waals surface area (Å²) in [6, 6.07) is 0. The quantitative estimate of drug-likeness (QED) is 0.613. The number of rotatable bonds is 5. The minimum Gasteiger partial charge on any atom is -0.306 e. The Morgan fingerprint density at radius 2 is 2.50 bits per heavy atom. The first-order chi connectivity index (χ1) is 10.7. The zero-order chi connectivity index (χ0) is 20.3. The molecule has 0 radical (unpaired) electrons. The molecule has 14 heavy (non-hydrogen) atoms. The molecule has 1 unspecified atom stereocenters. The van der Waals surface area contributed by atoms with Crippen LogP contribution in [0.25, 0.3) is 0 Å². The molecule has 0 amide bonds. The van der Waals surface area contributed by atoms with Gasteiger partial charge in [-0.15, -0.1) is 23.2 Å². The van der Waals surface area contributed by atoms with Crippen LogP contribution < -0.4 is 5.08 Å². The van der Waals surface area contributed by atoms with Gasteiger partial charge in [0.25, 0.3) is 0 Å². The predicted octanol–water partition coefficient (Wildman–Crippen LogP) is 1.88. The third kappa shape index (κ3) is 3.37. The zero-order valence-corrected chi connectivity index (χ0v) is 9.23. The Bertz CT molecular complexity index is 566. The lowest BCUT2D eigenvalue weighted by Gasteiger charge is -2.33. The Morgan fingerprint density at radius 1 is 1.71 bits per heavy atom. The van der Waals surface area contributed by atoms with Crippen molar-refractivity contribution < 1.29 is 24.2 Å². The summed E-state index contributed by atoms with van der Waals surface area (Å²) in [4.78, 5) is 0. The van der Waals surface area contributed by atoms with Crippen molar-refractivity contribution in [1.82, 2.24) is 9.75 Å². The zero-order valence-electron chi connectivity index (χ0n) is 17.8. The fourth-order valence-electron chi connectivity index (χ4n) is 0.697. The Labute approximate surface area is 110 Å². The summed E-state index contributed by atoms with van der Waals surface area (Å²) in [5.74, 6) is -6.04. The van der Waals surface area contributed by atoms with Crippen LogP contribution in [0.15, 0.2) is 0 Å². The van der Waals surface area contributed by atoms with Crippen LogP contribution in [0.1, 0.15) is 20.1 Å². The Hall–Kier alpha value is 0.690. The van der Waals surface area contributed by atoms with E-state index in [0.29, 0.717) is 0 Å². The van der Waals surface area contributed by atoms with Crippen molar-refractivity contribution >= 4 is 30.9 Å². The van der Waals surface area contributed by atoms with Gasteiger partial charge in [-0.05, 0) is 6.37 Å². The van der Waals surface area contributed by atoms with Crippen molar-refractivity contribution in [2.24, 2.45) is 0 Å². The van der Waals surface area contributed by atoms with Gasteiger partial charge in [-0.2, -0.15) is 0 Å². The molecule has 1 fully saturated rings. The first kappa shape index (κ1) is 4.17. The maximum Gasteiger partial charge on any atom is 0.343 e. The maximum absolute atomic E-state index is 13.1. The molecule has 1 aliphatic heterocycles. The summed E-state index contributed by atoms with van der Waals surface area (Å²) in [7, 11) is -5.14. The van der Waals surface area contributed by atoms with Crippen LogP contribution in [0, 0.1) is 0 Å². The average Bonchev–Trinajstić information content (AvgIpc) is 2.37. The minimum atomic E-state index is -5.14. The van der Waals surface area contributed by atoms with Crippen molar-refractivity contribution in [3.8, 4) is 0 Å². The molecule has 0 saturated carbocycles. The van der Waals surface area contributed by atoms with E-state index >= 15 is 0 Å². The summed E-state index contributed by atoms with van der Waals surface area (Å²) in [5, 5.41) is -0.466. The molecular weight excluding hydrogens is 246 g/mol. The van der Waals surface area contributed by atoms with E-state index in [1.165, 1.54) is 0 Å². The van der Waals surface area contributed by atoms with Gasteiger partial charge < -0.3 is 4.52 Å². The lowest BCUT2D eigenvalue weighted by Crippen LogP contribution is -2.35. The highest BCUT2D eigenvalue weighted by Gasteiger charge is 2.32. The smallest absolute Gasteiger partial charge is 0.306 e. The summed E-state index contributed by atoms with van der Waals surface area (Å²) < 4.78 is 101. The van der Waals surface area contributed by atoms with E-state index in [4.69, 9.17) is 42.8 Å². The SMILES string of the molecule is [2H]N1C([2H])([2H])C([2H])([2H])COP1(=O)N(CC([2H])([2H])Cl)C([2H])([2H])C([2H])([2H])Cl. The molecule has 0 aliphatic carbocycles. The maximum atomic E-state index is 13.1. The van der Waals surface area contributed by atoms with Crippen molar-refractivity contribution in [2.75, 3.05) is 37.8 Å². The molecule has 0 aromatic carbocycles. The van der Waals surface area contributed by atoms with Gasteiger partial charge >= 0.3 is 7.67 Å². The number of alkyl halides is 2. The summed E-state index contributed by atoms with van der Waals surface area (Å²) >= 11 is 10.7. The Kier molecular flexibility index (Phi) is 1.88. The van der Waals surface area contributed by atoms with Gasteiger partial charge in [0.1, 0.15) is 1.41 Å². The van der Waals surface area contributed by atoms with E-state index in [1.807, 2.05) is 0 Å². The van der Waals surface area contributed by atoms with E-state index < -0.39 is 56.9 Å². The van der Waals surface area contributed by atoms with Crippen molar-refractivity contribution in [3.05, 3.63) is 0 Å². The van der Waals surface area contributed by atoms with Gasteiger partial charge in [0.2, 0.25) is 0 Å². The van der Waals surface area contributed by atoms with Crippen LogP contribution in [0.2, 0.25) is 1.41 Å². The lowest BCUT2D eigenvalue weighted by molar-refractivity contribution is 0.233. The summed E-state index contributed by atoms with van der Waals surface area (Å²) in [6.07, 6.45) is -2.80. The second kappa shape index (κ2) is 6.31. The second-order valence-corrected chi connectivity index (χ2v) is 4.43. The van der Waals surface area contributed by atoms with Gasteiger partial charge in [0.15, 0.2) is 0 Å². The standard InChI is InChI=1S/C7H15Cl2N2O2P/c8-2-5-11(6-3-9)14(12)10-4-1-7-13-14/h1-7H2,(H,10,12)/i1D2,2D2,3D2,4D2,5D2/hD. The molecule has 1 aliphatic rings. The predicted molar refractivity (Wildman–Crippen MR) is 59.2 cm³/mol. The Morgan fingerprint density at radius 3 is 3.14 bits per heavy atom. The van der Waals surface area contributed by atoms with Gasteiger partial charge in [0.05, 0.1) is 6.61 Å². The largest absolute Gasteiger partial charge is 0.343 e. The molecule has 4 nitrogen and oxygen atoms in total. The lowest BCUT2D eigenvalue weighted by atomic mass is 10.5. The first-order valence-corrected chi connectivity index (χ1v) is 5.69. The molecule has 0 aromatic rings. The van der Waals surface area contributed by atoms with E-state index in [9.17, 15) is 4.57 Å². The number of hydrogen-bond donors (Lipinski definition) is 1. The summed E-state index contributed by atoms with van der Waals surface area (Å²) in [5.41, 5.74) is 0. The van der Waals surface area contributed by atoms with Gasteiger partial charge in [-0.25, -0.2) is 9.75 Å². The average molecular weight is 272 g/mol. The third-order valence-electron chi connectivity index (χ3n) is 1.25. The highest BCUT2D eigenvalue weighted by molar-refractivity contribution is 7.54. The molecule has 7 heteroatoms. The number of hydrogen-bond acceptors (Lipinski definition) is 2. The topological polar surface area (TPSA) is 41.6 Å². The highest BCUT2D eigenvalue weighted by Crippen LogP contribution is 2.47. The molecule has 0 spiro atoms. The van der Waals surface area contributed by atoms with Crippen molar-refractivity contribution in [1.29, 1.82) is 0 Å². The number of halogens is 2. The van der Waals surface area contributed by atoms with Gasteiger partial charge in [-0.1, -0.05) is 0 Å². The van der Waals surface area contributed by atoms with Crippen LogP contribution in [-0.2, 0) is 9.09 Å². The molecule has 1 heterocycles. The second-order valence-electron chi connectivity index (χ2n) is 2.05. The van der Waals surface area contributed by atoms with Crippen molar-refractivity contribution in [2.45, 2.75) is 6.37 Å². The van der Waals surface area contributed by atoms with E-state index in [-0.39, 0.29) is 4.67 Å². The van der Waals surface area contributed by atoms with Crippen molar-refractivity contribution in [3.63, 3.8) is 0 Å². The normalized spacial score (nSPS) is 51.5. The van der Waals surface area contributed by atoms with Crippen LogP contribution in [-0.4, -0.2) is 42.5 Å². The molecule has 1 atom stereocenters. The fraction of sp³-hybridized carbons (Fsp3) is 1.00. The van der Waals surface area contributed by atoms with E-state index in [0.717, 1.165) is 0 Å². The Balaban J connectivity index is 3.52. The number of nitrogens with zero attached hydrogens (tertiary/aromatic N) is 1. The molecular formula is C7H15Cl2N2O2P. The molecule has 1 saturated heterocycles. The van der Waals surface area contributed by atoms with Crippen LogP contribution in [0.3, 0.4) is 0 Å². The third-order valence-corrected chi connectivity index (χ3v) is 3.12.